The number of benzene rings is 2. The molecule has 9 heteroatoms. The first kappa shape index (κ1) is 21.5. The fourth-order valence-corrected chi connectivity index (χ4v) is 4.16. The number of para-hydroxylation sites is 1. The van der Waals surface area contributed by atoms with Gasteiger partial charge in [-0.15, -0.1) is 0 Å². The molecule has 2 N–H and O–H groups in total. The van der Waals surface area contributed by atoms with Gasteiger partial charge in [0.25, 0.3) is 5.91 Å². The van der Waals surface area contributed by atoms with E-state index in [-0.39, 0.29) is 5.91 Å². The topological polar surface area (TPSA) is 109 Å². The molecule has 164 valence electrons. The number of methoxy groups -OCH3 is 1. The van der Waals surface area contributed by atoms with Gasteiger partial charge in [-0.3, -0.25) is 4.79 Å². The van der Waals surface area contributed by atoms with Gasteiger partial charge in [-0.05, 0) is 31.2 Å². The first-order valence-corrected chi connectivity index (χ1v) is 10.5. The van der Waals surface area contributed by atoms with Crippen LogP contribution in [0.5, 0.6) is 5.75 Å². The average Bonchev–Trinajstić information content (AvgIpc) is 3.20. The largest absolute Gasteiger partial charge is 0.496 e. The Labute approximate surface area is 190 Å². The molecule has 1 saturated heterocycles. The minimum Gasteiger partial charge on any atom is -0.496 e. The van der Waals surface area contributed by atoms with Gasteiger partial charge >= 0.3 is 0 Å². The number of ether oxygens (including phenoxy) is 1. The van der Waals surface area contributed by atoms with Gasteiger partial charge < -0.3 is 24.8 Å². The van der Waals surface area contributed by atoms with E-state index in [1.54, 1.807) is 31.1 Å². The van der Waals surface area contributed by atoms with Gasteiger partial charge in [0.05, 0.1) is 29.1 Å². The summed E-state index contributed by atoms with van der Waals surface area (Å²) < 4.78 is 10.8. The quantitative estimate of drug-likeness (QED) is 0.602. The van der Waals surface area contributed by atoms with Gasteiger partial charge in [0.1, 0.15) is 28.8 Å². The number of amides is 1. The summed E-state index contributed by atoms with van der Waals surface area (Å²) in [6.45, 7) is 3.86. The molecule has 0 atom stereocenters. The second-order valence-electron chi connectivity index (χ2n) is 7.44. The predicted molar refractivity (Wildman–Crippen MR) is 122 cm³/mol. The first-order valence-electron chi connectivity index (χ1n) is 10.1. The number of hydrogen-bond donors (Lipinski definition) is 1. The van der Waals surface area contributed by atoms with Gasteiger partial charge in [0.2, 0.25) is 0 Å². The van der Waals surface area contributed by atoms with E-state index in [9.17, 15) is 4.79 Å². The third-order valence-electron chi connectivity index (χ3n) is 5.59. The second kappa shape index (κ2) is 8.81. The number of aromatic nitrogens is 1. The van der Waals surface area contributed by atoms with Crippen LogP contribution in [0.2, 0.25) is 5.02 Å². The van der Waals surface area contributed by atoms with E-state index in [0.717, 1.165) is 5.69 Å². The molecule has 0 bridgehead atoms. The van der Waals surface area contributed by atoms with E-state index in [0.29, 0.717) is 70.8 Å². The number of aryl methyl sites for hydroxylation is 1. The number of carbonyl (C=O) groups is 1. The van der Waals surface area contributed by atoms with Crippen molar-refractivity contribution in [1.82, 2.24) is 10.1 Å². The summed E-state index contributed by atoms with van der Waals surface area (Å²) in [4.78, 5) is 17.2. The van der Waals surface area contributed by atoms with Gasteiger partial charge in [-0.2, -0.15) is 5.26 Å². The lowest BCUT2D eigenvalue weighted by atomic mass is 10.0. The lowest BCUT2D eigenvalue weighted by molar-refractivity contribution is 0.0745. The molecule has 0 unspecified atom stereocenters. The number of nitriles is 1. The summed E-state index contributed by atoms with van der Waals surface area (Å²) in [5.41, 5.74) is 9.05. The number of nitrogens with two attached hydrogens (primary N) is 1. The highest BCUT2D eigenvalue weighted by Gasteiger charge is 2.30. The molecule has 3 aromatic rings. The summed E-state index contributed by atoms with van der Waals surface area (Å²) in [7, 11) is 1.58. The Morgan fingerprint density at radius 1 is 1.25 bits per heavy atom. The average molecular weight is 452 g/mol. The molecule has 1 aromatic heterocycles. The molecule has 32 heavy (non-hydrogen) atoms. The van der Waals surface area contributed by atoms with Crippen LogP contribution in [-0.2, 0) is 0 Å². The van der Waals surface area contributed by atoms with Crippen LogP contribution in [0, 0.1) is 18.3 Å². The Kier molecular flexibility index (Phi) is 5.93. The maximum atomic E-state index is 13.4. The van der Waals surface area contributed by atoms with Crippen molar-refractivity contribution in [2.45, 2.75) is 6.92 Å². The summed E-state index contributed by atoms with van der Waals surface area (Å²) in [6.07, 6.45) is 0. The third kappa shape index (κ3) is 3.83. The minimum atomic E-state index is -0.144. The van der Waals surface area contributed by atoms with Crippen LogP contribution in [0.3, 0.4) is 0 Å². The van der Waals surface area contributed by atoms with Crippen molar-refractivity contribution in [1.29, 1.82) is 5.26 Å². The Hall–Kier alpha value is -3.70. The van der Waals surface area contributed by atoms with Crippen LogP contribution in [0.25, 0.3) is 11.3 Å². The normalized spacial score (nSPS) is 13.7. The van der Waals surface area contributed by atoms with Gasteiger partial charge in [0, 0.05) is 31.7 Å². The molecule has 1 fully saturated rings. The van der Waals surface area contributed by atoms with Crippen molar-refractivity contribution in [3.8, 4) is 23.1 Å². The maximum Gasteiger partial charge on any atom is 0.259 e. The van der Waals surface area contributed by atoms with Gasteiger partial charge in [-0.25, -0.2) is 0 Å². The Morgan fingerprint density at radius 2 is 1.97 bits per heavy atom. The summed E-state index contributed by atoms with van der Waals surface area (Å²) in [6, 6.07) is 12.7. The molecule has 1 aliphatic heterocycles. The summed E-state index contributed by atoms with van der Waals surface area (Å²) >= 11 is 6.37. The van der Waals surface area contributed by atoms with Crippen molar-refractivity contribution in [2.24, 2.45) is 0 Å². The highest BCUT2D eigenvalue weighted by Crippen LogP contribution is 2.34. The molecule has 0 spiro atoms. The predicted octanol–water partition coefficient (Wildman–Crippen LogP) is 3.73. The lowest BCUT2D eigenvalue weighted by Gasteiger charge is -2.36. The van der Waals surface area contributed by atoms with Crippen molar-refractivity contribution in [3.63, 3.8) is 0 Å². The summed E-state index contributed by atoms with van der Waals surface area (Å²) in [5, 5.41) is 13.7. The SMILES string of the molecule is COc1ccccc1-c1noc(C)c1C(=O)N1CCN(c2cc(N)c(C#N)cc2Cl)CC1. The third-order valence-corrected chi connectivity index (χ3v) is 5.89. The van der Waals surface area contributed by atoms with Crippen LogP contribution in [-0.4, -0.2) is 49.3 Å². The van der Waals surface area contributed by atoms with E-state index in [2.05, 4.69) is 10.1 Å². The van der Waals surface area contributed by atoms with Gasteiger partial charge in [0.15, 0.2) is 0 Å². The van der Waals surface area contributed by atoms with E-state index < -0.39 is 0 Å². The number of piperazine rings is 1. The fourth-order valence-electron chi connectivity index (χ4n) is 3.87. The first-order chi connectivity index (χ1) is 15.4. The van der Waals surface area contributed by atoms with E-state index in [1.807, 2.05) is 30.3 Å². The lowest BCUT2D eigenvalue weighted by Crippen LogP contribution is -2.49. The molecule has 4 rings (SSSR count). The molecule has 0 saturated carbocycles. The van der Waals surface area contributed by atoms with E-state index in [1.165, 1.54) is 0 Å². The Balaban J connectivity index is 1.55. The molecule has 2 heterocycles. The van der Waals surface area contributed by atoms with Crippen molar-refractivity contribution < 1.29 is 14.1 Å². The van der Waals surface area contributed by atoms with Crippen LogP contribution < -0.4 is 15.4 Å². The maximum absolute atomic E-state index is 13.4. The van der Waals surface area contributed by atoms with Gasteiger partial charge in [-0.1, -0.05) is 28.9 Å². The standard InChI is InChI=1S/C23H22ClN5O3/c1-14-21(22(27-32-14)16-5-3-4-6-20(16)31-2)23(30)29-9-7-28(8-10-29)19-12-18(26)15(13-25)11-17(19)24/h3-6,11-12H,7-10,26H2,1-2H3. The zero-order valence-electron chi connectivity index (χ0n) is 17.8. The van der Waals surface area contributed by atoms with E-state index in [4.69, 9.17) is 31.9 Å². The molecule has 1 aliphatic rings. The number of hydrogen-bond acceptors (Lipinski definition) is 7. The summed E-state index contributed by atoms with van der Waals surface area (Å²) in [5.74, 6) is 0.934. The Bertz CT molecular complexity index is 1210. The number of halogens is 1. The molecule has 2 aromatic carbocycles. The fraction of sp³-hybridized carbons (Fsp3) is 0.261. The van der Waals surface area contributed by atoms with Crippen LogP contribution >= 0.6 is 11.6 Å². The molecule has 1 amide bonds. The molecular weight excluding hydrogens is 430 g/mol. The second-order valence-corrected chi connectivity index (χ2v) is 7.85. The molecule has 0 aliphatic carbocycles. The Morgan fingerprint density at radius 3 is 2.66 bits per heavy atom. The van der Waals surface area contributed by atoms with Crippen LogP contribution in [0.15, 0.2) is 40.9 Å². The van der Waals surface area contributed by atoms with Crippen molar-refractivity contribution in [2.75, 3.05) is 43.9 Å². The molecule has 0 radical (unpaired) electrons. The number of carbonyl (C=O) groups excluding carboxylic acids is 1. The number of nitrogen functional groups attached to an aromatic ring is 1. The number of nitrogens with zero attached hydrogens (tertiary/aromatic N) is 4. The zero-order valence-corrected chi connectivity index (χ0v) is 18.5. The van der Waals surface area contributed by atoms with Crippen LogP contribution in [0.1, 0.15) is 21.7 Å². The van der Waals surface area contributed by atoms with E-state index >= 15 is 0 Å². The molecule has 8 nitrogen and oxygen atoms in total. The molecular formula is C23H22ClN5O3. The highest BCUT2D eigenvalue weighted by molar-refractivity contribution is 6.33. The number of anilines is 2. The zero-order chi connectivity index (χ0) is 22.8. The smallest absolute Gasteiger partial charge is 0.259 e. The van der Waals surface area contributed by atoms with Crippen LogP contribution in [0.4, 0.5) is 11.4 Å². The highest BCUT2D eigenvalue weighted by atomic mass is 35.5. The monoisotopic (exact) mass is 451 g/mol. The van der Waals surface area contributed by atoms with Crippen molar-refractivity contribution in [3.05, 3.63) is 58.3 Å². The van der Waals surface area contributed by atoms with Crippen molar-refractivity contribution >= 4 is 28.9 Å². The number of rotatable bonds is 4. The minimum absolute atomic E-state index is 0.144.